The van der Waals surface area contributed by atoms with Crippen LogP contribution < -0.4 is 20.1 Å². The van der Waals surface area contributed by atoms with Crippen molar-refractivity contribution >= 4 is 54.7 Å². The number of benzene rings is 2. The summed E-state index contributed by atoms with van der Waals surface area (Å²) in [7, 11) is 0. The van der Waals surface area contributed by atoms with Crippen molar-refractivity contribution in [3.8, 4) is 29.0 Å². The molecule has 0 amide bonds. The lowest BCUT2D eigenvalue weighted by atomic mass is 9.95. The fourth-order valence-electron chi connectivity index (χ4n) is 6.76. The van der Waals surface area contributed by atoms with Crippen molar-refractivity contribution in [3.63, 3.8) is 0 Å². The summed E-state index contributed by atoms with van der Waals surface area (Å²) in [5.74, 6) is -1.73. The van der Waals surface area contributed by atoms with Gasteiger partial charge in [-0.2, -0.15) is 15.2 Å². The number of alkyl halides is 3. The normalized spacial score (nSPS) is 21.6. The zero-order valence-electron chi connectivity index (χ0n) is 23.0. The van der Waals surface area contributed by atoms with E-state index in [4.69, 9.17) is 26.8 Å². The van der Waals surface area contributed by atoms with Gasteiger partial charge in [0, 0.05) is 23.9 Å². The molecule has 0 spiro atoms. The number of halogens is 6. The minimum Gasteiger partial charge on any atom is -0.489 e. The van der Waals surface area contributed by atoms with E-state index in [-0.39, 0.29) is 98.0 Å². The molecule has 3 aliphatic rings. The fourth-order valence-corrected chi connectivity index (χ4v) is 8.05. The zero-order valence-corrected chi connectivity index (χ0v) is 24.6. The standard InChI is InChI=1S/C29H24ClF5N6O2S/c30-21-19(14-2-3-16(32)25-18(14)15(9-36)26(37)44-25)22(35)23-20-24(21)42-7-6-40(11-17(33)34)27(20)39-28(38-23)43-12-29-4-1-5-41(29)10-13(31)8-29/h2-3,13,17H,1,4-8,10-12,37H2/t13-,29+/m1/s1. The molecule has 3 aliphatic heterocycles. The predicted molar refractivity (Wildman–Crippen MR) is 157 cm³/mol. The molecule has 4 aromatic rings. The van der Waals surface area contributed by atoms with Crippen LogP contribution in [0.4, 0.5) is 32.8 Å². The number of fused-ring (bicyclic) bond motifs is 2. The molecule has 0 radical (unpaired) electrons. The lowest BCUT2D eigenvalue weighted by Crippen LogP contribution is -2.43. The van der Waals surface area contributed by atoms with E-state index in [9.17, 15) is 22.8 Å². The molecule has 8 nitrogen and oxygen atoms in total. The highest BCUT2D eigenvalue weighted by molar-refractivity contribution is 7.23. The lowest BCUT2D eigenvalue weighted by Gasteiger charge is -2.31. The molecule has 44 heavy (non-hydrogen) atoms. The summed E-state index contributed by atoms with van der Waals surface area (Å²) in [5.41, 5.74) is 4.91. The second-order valence-electron chi connectivity index (χ2n) is 11.2. The van der Waals surface area contributed by atoms with Gasteiger partial charge in [-0.25, -0.2) is 22.0 Å². The number of anilines is 2. The summed E-state index contributed by atoms with van der Waals surface area (Å²) in [6, 6.07) is 4.08. The summed E-state index contributed by atoms with van der Waals surface area (Å²) in [6.07, 6.45) is -1.94. The van der Waals surface area contributed by atoms with Gasteiger partial charge in [-0.05, 0) is 31.0 Å². The van der Waals surface area contributed by atoms with E-state index in [2.05, 4.69) is 9.97 Å². The Bertz CT molecular complexity index is 1870. The Hall–Kier alpha value is -3.67. The third-order valence-electron chi connectivity index (χ3n) is 8.64. The first-order chi connectivity index (χ1) is 21.1. The number of nitrogen functional groups attached to an aromatic ring is 1. The smallest absolute Gasteiger partial charge is 0.319 e. The first-order valence-corrected chi connectivity index (χ1v) is 15.1. The van der Waals surface area contributed by atoms with Gasteiger partial charge in [0.05, 0.1) is 39.3 Å². The molecule has 0 saturated carbocycles. The molecular weight excluding hydrogens is 627 g/mol. The third-order valence-corrected chi connectivity index (χ3v) is 10.0. The molecule has 5 heterocycles. The Morgan fingerprint density at radius 3 is 2.84 bits per heavy atom. The highest BCUT2D eigenvalue weighted by Crippen LogP contribution is 2.51. The van der Waals surface area contributed by atoms with Crippen LogP contribution >= 0.6 is 22.9 Å². The van der Waals surface area contributed by atoms with E-state index in [1.54, 1.807) is 0 Å². The maximum absolute atomic E-state index is 16.8. The van der Waals surface area contributed by atoms with Gasteiger partial charge in [-0.3, -0.25) is 4.90 Å². The topological polar surface area (TPSA) is 101 Å². The Kier molecular flexibility index (Phi) is 7.10. The Balaban J connectivity index is 1.45. The van der Waals surface area contributed by atoms with Crippen LogP contribution in [0.25, 0.3) is 32.1 Å². The molecule has 2 N–H and O–H groups in total. The molecular formula is C29H24ClF5N6O2S. The number of nitriles is 1. The number of aromatic nitrogens is 2. The van der Waals surface area contributed by atoms with Crippen LogP contribution in [0, 0.1) is 23.0 Å². The van der Waals surface area contributed by atoms with Crippen molar-refractivity contribution in [3.05, 3.63) is 34.4 Å². The van der Waals surface area contributed by atoms with Gasteiger partial charge in [-0.15, -0.1) is 11.3 Å². The van der Waals surface area contributed by atoms with Crippen LogP contribution in [-0.4, -0.2) is 72.4 Å². The zero-order chi connectivity index (χ0) is 30.9. The van der Waals surface area contributed by atoms with Crippen LogP contribution in [0.3, 0.4) is 0 Å². The van der Waals surface area contributed by atoms with E-state index < -0.39 is 36.3 Å². The van der Waals surface area contributed by atoms with Crippen LogP contribution in [-0.2, 0) is 0 Å². The maximum atomic E-state index is 16.8. The third kappa shape index (κ3) is 4.47. The maximum Gasteiger partial charge on any atom is 0.319 e. The van der Waals surface area contributed by atoms with Crippen LogP contribution in [0.2, 0.25) is 5.02 Å². The van der Waals surface area contributed by atoms with Crippen molar-refractivity contribution in [2.75, 3.05) is 50.0 Å². The van der Waals surface area contributed by atoms with E-state index in [0.29, 0.717) is 6.42 Å². The van der Waals surface area contributed by atoms with Crippen LogP contribution in [0.15, 0.2) is 12.1 Å². The van der Waals surface area contributed by atoms with Crippen LogP contribution in [0.5, 0.6) is 11.8 Å². The molecule has 230 valence electrons. The average Bonchev–Trinajstić information content (AvgIpc) is 3.58. The Morgan fingerprint density at radius 2 is 2.07 bits per heavy atom. The number of rotatable bonds is 6. The van der Waals surface area contributed by atoms with E-state index >= 15 is 4.39 Å². The van der Waals surface area contributed by atoms with E-state index in [1.807, 2.05) is 11.0 Å². The van der Waals surface area contributed by atoms with Crippen molar-refractivity contribution in [1.29, 1.82) is 5.26 Å². The number of nitrogens with zero attached hydrogens (tertiary/aromatic N) is 5. The molecule has 2 saturated heterocycles. The lowest BCUT2D eigenvalue weighted by molar-refractivity contribution is 0.107. The molecule has 0 bridgehead atoms. The van der Waals surface area contributed by atoms with Crippen molar-refractivity contribution in [1.82, 2.24) is 14.9 Å². The Morgan fingerprint density at radius 1 is 1.25 bits per heavy atom. The molecule has 2 atom stereocenters. The van der Waals surface area contributed by atoms with Crippen molar-refractivity contribution in [2.45, 2.75) is 37.4 Å². The van der Waals surface area contributed by atoms with Crippen molar-refractivity contribution in [2.24, 2.45) is 0 Å². The van der Waals surface area contributed by atoms with Gasteiger partial charge in [0.2, 0.25) is 0 Å². The first kappa shape index (κ1) is 29.1. The summed E-state index contributed by atoms with van der Waals surface area (Å²) in [5, 5.41) is 9.66. The number of nitrogens with two attached hydrogens (primary N) is 1. The van der Waals surface area contributed by atoms with Gasteiger partial charge in [-0.1, -0.05) is 17.7 Å². The minimum atomic E-state index is -2.75. The molecule has 0 aliphatic carbocycles. The van der Waals surface area contributed by atoms with Gasteiger partial charge < -0.3 is 20.1 Å². The monoisotopic (exact) mass is 650 g/mol. The number of hydrogen-bond donors (Lipinski definition) is 1. The van der Waals surface area contributed by atoms with Crippen molar-refractivity contribution < 1.29 is 31.4 Å². The predicted octanol–water partition coefficient (Wildman–Crippen LogP) is 6.32. The van der Waals surface area contributed by atoms with Gasteiger partial charge in [0.15, 0.2) is 11.6 Å². The SMILES string of the molecule is N#Cc1c(N)sc2c(F)ccc(-c3c(Cl)c4c5c(nc(OC[C@@]67CCCN6C[C@H](F)C7)nc5c3F)N(CC(F)F)CCO4)c12. The van der Waals surface area contributed by atoms with E-state index in [1.165, 1.54) is 11.0 Å². The largest absolute Gasteiger partial charge is 0.489 e. The van der Waals surface area contributed by atoms with E-state index in [0.717, 1.165) is 30.4 Å². The summed E-state index contributed by atoms with van der Waals surface area (Å²) in [4.78, 5) is 12.1. The van der Waals surface area contributed by atoms with Gasteiger partial charge in [0.1, 0.15) is 47.6 Å². The summed E-state index contributed by atoms with van der Waals surface area (Å²) < 4.78 is 85.3. The molecule has 2 aromatic carbocycles. The average molecular weight is 651 g/mol. The van der Waals surface area contributed by atoms with Gasteiger partial charge >= 0.3 is 6.01 Å². The highest BCUT2D eigenvalue weighted by atomic mass is 35.5. The van der Waals surface area contributed by atoms with Gasteiger partial charge in [0.25, 0.3) is 6.43 Å². The molecule has 2 aromatic heterocycles. The molecule has 2 fully saturated rings. The fraction of sp³-hybridized carbons (Fsp3) is 0.414. The molecule has 7 rings (SSSR count). The number of hydrogen-bond acceptors (Lipinski definition) is 9. The highest BCUT2D eigenvalue weighted by Gasteiger charge is 2.49. The molecule has 15 heteroatoms. The molecule has 0 unspecified atom stereocenters. The van der Waals surface area contributed by atoms with Crippen LogP contribution in [0.1, 0.15) is 24.8 Å². The Labute approximate surface area is 256 Å². The second kappa shape index (κ2) is 10.7. The summed E-state index contributed by atoms with van der Waals surface area (Å²) >= 11 is 7.64. The second-order valence-corrected chi connectivity index (χ2v) is 12.6. The number of thiophene rings is 1. The summed E-state index contributed by atoms with van der Waals surface area (Å²) in [6.45, 7) is 0.182. The number of ether oxygens (including phenoxy) is 2. The first-order valence-electron chi connectivity index (χ1n) is 13.9. The quantitative estimate of drug-likeness (QED) is 0.242. The minimum absolute atomic E-state index is 0.0247.